The topological polar surface area (TPSA) is 51.7 Å². The van der Waals surface area contributed by atoms with Crippen molar-refractivity contribution in [3.63, 3.8) is 0 Å². The molecule has 0 spiro atoms. The molecule has 0 atom stereocenters. The van der Waals surface area contributed by atoms with Crippen LogP contribution in [0.5, 0.6) is 0 Å². The molecular weight excluding hydrogens is 506 g/mol. The number of aromatic nitrogens is 1. The number of unbranched alkanes of at least 4 members (excludes halogenated alkanes) is 1. The number of carbonyl (C=O) groups is 1. The second kappa shape index (κ2) is 12.0. The van der Waals surface area contributed by atoms with E-state index in [4.69, 9.17) is 4.98 Å². The number of anilines is 1. The van der Waals surface area contributed by atoms with Crippen molar-refractivity contribution in [1.82, 2.24) is 20.1 Å². The van der Waals surface area contributed by atoms with Crippen LogP contribution >= 0.6 is 0 Å². The molecule has 1 fully saturated rings. The monoisotopic (exact) mass is 547 g/mol. The Morgan fingerprint density at radius 3 is 2.20 bits per heavy atom. The van der Waals surface area contributed by atoms with Crippen molar-refractivity contribution in [2.24, 2.45) is 0 Å². The van der Waals surface area contributed by atoms with Crippen LogP contribution in [0.1, 0.15) is 30.4 Å². The number of piperazine rings is 1. The molecule has 1 aliphatic heterocycles. The van der Waals surface area contributed by atoms with Gasteiger partial charge in [-0.1, -0.05) is 73.2 Å². The van der Waals surface area contributed by atoms with Gasteiger partial charge < -0.3 is 15.1 Å². The van der Waals surface area contributed by atoms with Crippen molar-refractivity contribution in [1.29, 1.82) is 0 Å². The molecule has 0 radical (unpaired) electrons. The van der Waals surface area contributed by atoms with Crippen LogP contribution in [-0.4, -0.2) is 80.6 Å². The Morgan fingerprint density at radius 1 is 0.829 bits per heavy atom. The summed E-state index contributed by atoms with van der Waals surface area (Å²) in [5.41, 5.74) is 5.12. The van der Waals surface area contributed by atoms with Crippen molar-refractivity contribution in [3.05, 3.63) is 96.1 Å². The van der Waals surface area contributed by atoms with Gasteiger partial charge in [0.1, 0.15) is 11.2 Å². The Bertz CT molecular complexity index is 1460. The van der Waals surface area contributed by atoms with Gasteiger partial charge >= 0.3 is 0 Å². The Kier molecular flexibility index (Phi) is 8.04. The van der Waals surface area contributed by atoms with Gasteiger partial charge in [0.2, 0.25) is 5.91 Å². The number of rotatable bonds is 10. The lowest BCUT2D eigenvalue weighted by Gasteiger charge is -2.36. The van der Waals surface area contributed by atoms with Gasteiger partial charge in [-0.05, 0) is 73.9 Å². The van der Waals surface area contributed by atoms with E-state index >= 15 is 0 Å². The number of hydrogen-bond acceptors (Lipinski definition) is 5. The Hall–Kier alpha value is -3.74. The maximum Gasteiger partial charge on any atom is 0.235 e. The number of nitrogens with one attached hydrogen (secondary N) is 1. The maximum absolute atomic E-state index is 14.1. The fourth-order valence-electron chi connectivity index (χ4n) is 6.65. The fourth-order valence-corrected chi connectivity index (χ4v) is 6.65. The van der Waals surface area contributed by atoms with E-state index in [2.05, 4.69) is 105 Å². The molecule has 6 heteroatoms. The van der Waals surface area contributed by atoms with Crippen molar-refractivity contribution in [2.45, 2.75) is 24.7 Å². The second-order valence-corrected chi connectivity index (χ2v) is 11.7. The SMILES string of the molecule is CN(C)CCNC(=O)C1(CCCCN2CCN(c3ccc4ccccc4n3)CC2)c2ccccc2-c2ccccc21. The summed E-state index contributed by atoms with van der Waals surface area (Å²) in [5.74, 6) is 1.21. The summed E-state index contributed by atoms with van der Waals surface area (Å²) in [4.78, 5) is 26.1. The summed E-state index contributed by atoms with van der Waals surface area (Å²) in [7, 11) is 4.08. The smallest absolute Gasteiger partial charge is 0.235 e. The molecule has 0 unspecified atom stereocenters. The highest BCUT2D eigenvalue weighted by Gasteiger charge is 2.48. The number of nitrogens with zero attached hydrogens (tertiary/aromatic N) is 4. The minimum absolute atomic E-state index is 0.133. The second-order valence-electron chi connectivity index (χ2n) is 11.7. The summed E-state index contributed by atoms with van der Waals surface area (Å²) < 4.78 is 0. The number of para-hydroxylation sites is 1. The highest BCUT2D eigenvalue weighted by molar-refractivity contribution is 6.00. The van der Waals surface area contributed by atoms with E-state index in [1.165, 1.54) is 16.5 Å². The number of pyridine rings is 1. The van der Waals surface area contributed by atoms with Crippen LogP contribution in [-0.2, 0) is 10.2 Å². The van der Waals surface area contributed by atoms with Gasteiger partial charge in [0.25, 0.3) is 0 Å². The molecule has 1 aromatic heterocycles. The van der Waals surface area contributed by atoms with E-state index < -0.39 is 5.41 Å². The Balaban J connectivity index is 1.10. The van der Waals surface area contributed by atoms with Gasteiger partial charge in [0.15, 0.2) is 0 Å². The van der Waals surface area contributed by atoms with Crippen LogP contribution in [0.3, 0.4) is 0 Å². The summed E-state index contributed by atoms with van der Waals surface area (Å²) in [6.07, 6.45) is 2.89. The molecule has 0 bridgehead atoms. The molecule has 6 nitrogen and oxygen atoms in total. The molecule has 4 aromatic rings. The third-order valence-corrected chi connectivity index (χ3v) is 8.85. The number of benzene rings is 3. The average molecular weight is 548 g/mol. The van der Waals surface area contributed by atoms with Gasteiger partial charge in [-0.3, -0.25) is 9.69 Å². The molecule has 41 heavy (non-hydrogen) atoms. The molecule has 2 aliphatic rings. The minimum Gasteiger partial charge on any atom is -0.354 e. The van der Waals surface area contributed by atoms with Crippen LogP contribution in [0.2, 0.25) is 0 Å². The summed E-state index contributed by atoms with van der Waals surface area (Å²) >= 11 is 0. The lowest BCUT2D eigenvalue weighted by Crippen LogP contribution is -2.47. The number of hydrogen-bond donors (Lipinski definition) is 1. The standard InChI is InChI=1S/C35H41N5O/c1-38(2)22-20-36-34(41)35(30-14-6-4-12-28(30)29-13-5-7-15-31(29)35)19-9-10-21-39-23-25-40(26-24-39)33-18-17-27-11-3-8-16-32(27)37-33/h3-8,11-18H,9-10,19-26H2,1-2H3,(H,36,41). The van der Waals surface area contributed by atoms with Crippen LogP contribution in [0.25, 0.3) is 22.0 Å². The van der Waals surface area contributed by atoms with Crippen LogP contribution in [0.4, 0.5) is 5.82 Å². The largest absolute Gasteiger partial charge is 0.354 e. The first-order chi connectivity index (χ1) is 20.1. The molecule has 1 N–H and O–H groups in total. The molecule has 3 aromatic carbocycles. The van der Waals surface area contributed by atoms with Crippen LogP contribution in [0.15, 0.2) is 84.9 Å². The fraction of sp³-hybridized carbons (Fsp3) is 0.371. The molecule has 6 rings (SSSR count). The molecule has 2 heterocycles. The number of carbonyl (C=O) groups excluding carboxylic acids is 1. The lowest BCUT2D eigenvalue weighted by molar-refractivity contribution is -0.125. The summed E-state index contributed by atoms with van der Waals surface area (Å²) in [6, 6.07) is 29.7. The van der Waals surface area contributed by atoms with Crippen molar-refractivity contribution in [3.8, 4) is 11.1 Å². The van der Waals surface area contributed by atoms with E-state index in [0.717, 1.165) is 81.0 Å². The average Bonchev–Trinajstić information content (AvgIpc) is 3.30. The molecule has 1 aliphatic carbocycles. The lowest BCUT2D eigenvalue weighted by atomic mass is 9.73. The highest BCUT2D eigenvalue weighted by Crippen LogP contribution is 2.51. The molecular formula is C35H41N5O. The third kappa shape index (κ3) is 5.46. The quantitative estimate of drug-likeness (QED) is 0.278. The number of likely N-dealkylation sites (N-methyl/N-ethyl adjacent to an activating group) is 1. The van der Waals surface area contributed by atoms with E-state index in [-0.39, 0.29) is 5.91 Å². The minimum atomic E-state index is -0.639. The predicted octanol–water partition coefficient (Wildman–Crippen LogP) is 5.17. The van der Waals surface area contributed by atoms with Gasteiger partial charge in [0, 0.05) is 44.7 Å². The first-order valence-electron chi connectivity index (χ1n) is 15.0. The van der Waals surface area contributed by atoms with Crippen LogP contribution < -0.4 is 10.2 Å². The highest BCUT2D eigenvalue weighted by atomic mass is 16.2. The van der Waals surface area contributed by atoms with Crippen molar-refractivity contribution >= 4 is 22.6 Å². The van der Waals surface area contributed by atoms with E-state index in [0.29, 0.717) is 6.54 Å². The predicted molar refractivity (Wildman–Crippen MR) is 168 cm³/mol. The molecule has 0 saturated carbocycles. The molecule has 1 amide bonds. The Morgan fingerprint density at radius 2 is 1.49 bits per heavy atom. The zero-order valence-corrected chi connectivity index (χ0v) is 24.4. The Labute approximate surface area is 244 Å². The van der Waals surface area contributed by atoms with Crippen LogP contribution in [0, 0.1) is 0 Å². The number of fused-ring (bicyclic) bond motifs is 4. The maximum atomic E-state index is 14.1. The zero-order chi connectivity index (χ0) is 28.2. The summed E-state index contributed by atoms with van der Waals surface area (Å²) in [5, 5.41) is 4.48. The van der Waals surface area contributed by atoms with Crippen molar-refractivity contribution < 1.29 is 4.79 Å². The normalized spacial score (nSPS) is 16.1. The van der Waals surface area contributed by atoms with E-state index in [9.17, 15) is 4.79 Å². The first kappa shape index (κ1) is 27.4. The van der Waals surface area contributed by atoms with Crippen molar-refractivity contribution in [2.75, 3.05) is 64.8 Å². The third-order valence-electron chi connectivity index (χ3n) is 8.85. The molecule has 1 saturated heterocycles. The molecule has 212 valence electrons. The summed E-state index contributed by atoms with van der Waals surface area (Å²) in [6.45, 7) is 6.59. The zero-order valence-electron chi connectivity index (χ0n) is 24.4. The van der Waals surface area contributed by atoms with Gasteiger partial charge in [-0.2, -0.15) is 0 Å². The van der Waals surface area contributed by atoms with Gasteiger partial charge in [-0.15, -0.1) is 0 Å². The van der Waals surface area contributed by atoms with E-state index in [1.807, 2.05) is 14.1 Å². The first-order valence-corrected chi connectivity index (χ1v) is 15.0. The van der Waals surface area contributed by atoms with Gasteiger partial charge in [0.05, 0.1) is 5.52 Å². The van der Waals surface area contributed by atoms with E-state index in [1.54, 1.807) is 0 Å². The number of amides is 1. The van der Waals surface area contributed by atoms with Gasteiger partial charge in [-0.25, -0.2) is 4.98 Å².